The van der Waals surface area contributed by atoms with Gasteiger partial charge in [0.1, 0.15) is 0 Å². The molecule has 88 valence electrons. The zero-order chi connectivity index (χ0) is 11.2. The first kappa shape index (κ1) is 11.6. The minimum Gasteiger partial charge on any atom is -0.327 e. The van der Waals surface area contributed by atoms with E-state index in [9.17, 15) is 0 Å². The quantitative estimate of drug-likeness (QED) is 0.734. The van der Waals surface area contributed by atoms with Crippen molar-refractivity contribution in [3.8, 4) is 0 Å². The summed E-state index contributed by atoms with van der Waals surface area (Å²) in [6, 6.07) is 10.9. The van der Waals surface area contributed by atoms with Crippen molar-refractivity contribution in [1.29, 1.82) is 0 Å². The Hall–Kier alpha value is -0.860. The summed E-state index contributed by atoms with van der Waals surface area (Å²) < 4.78 is 0. The second-order valence-corrected chi connectivity index (χ2v) is 4.89. The van der Waals surface area contributed by atoms with E-state index in [1.165, 1.54) is 24.9 Å². The first-order valence-corrected chi connectivity index (χ1v) is 6.35. The van der Waals surface area contributed by atoms with E-state index in [1.54, 1.807) is 0 Å². The highest BCUT2D eigenvalue weighted by Crippen LogP contribution is 2.27. The highest BCUT2D eigenvalue weighted by Gasteiger charge is 2.20. The van der Waals surface area contributed by atoms with E-state index in [1.807, 2.05) is 0 Å². The fourth-order valence-corrected chi connectivity index (χ4v) is 1.89. The number of hydrogen-bond donors (Lipinski definition) is 2. The maximum atomic E-state index is 6.07. The Morgan fingerprint density at radius 3 is 2.69 bits per heavy atom. The maximum Gasteiger partial charge on any atom is 0.0168 e. The number of aryl methyl sites for hydroxylation is 1. The number of nitrogens with one attached hydrogen (secondary N) is 1. The third-order valence-corrected chi connectivity index (χ3v) is 3.18. The van der Waals surface area contributed by atoms with Crippen molar-refractivity contribution in [1.82, 2.24) is 5.32 Å². The van der Waals surface area contributed by atoms with Gasteiger partial charge in [0.25, 0.3) is 0 Å². The van der Waals surface area contributed by atoms with Crippen molar-refractivity contribution in [3.63, 3.8) is 0 Å². The average molecular weight is 218 g/mol. The topological polar surface area (TPSA) is 38.0 Å². The Morgan fingerprint density at radius 2 is 2.00 bits per heavy atom. The van der Waals surface area contributed by atoms with Crippen LogP contribution in [-0.4, -0.2) is 19.1 Å². The fourth-order valence-electron chi connectivity index (χ4n) is 1.89. The summed E-state index contributed by atoms with van der Waals surface area (Å²) in [4.78, 5) is 0. The van der Waals surface area contributed by atoms with Crippen LogP contribution in [0.2, 0.25) is 0 Å². The molecule has 0 amide bonds. The first-order chi connectivity index (χ1) is 7.84. The summed E-state index contributed by atoms with van der Waals surface area (Å²) in [5.41, 5.74) is 7.45. The molecule has 0 aliphatic heterocycles. The van der Waals surface area contributed by atoms with Crippen LogP contribution in [0.25, 0.3) is 0 Å². The van der Waals surface area contributed by atoms with Crippen molar-refractivity contribution in [2.75, 3.05) is 13.1 Å². The standard InChI is InChI=1S/C14H22N2/c15-14(11-16-10-13-6-7-13)9-8-12-4-2-1-3-5-12/h1-5,13-14,16H,6-11,15H2. The van der Waals surface area contributed by atoms with Crippen LogP contribution in [0.1, 0.15) is 24.8 Å². The van der Waals surface area contributed by atoms with Gasteiger partial charge in [0.05, 0.1) is 0 Å². The van der Waals surface area contributed by atoms with E-state index < -0.39 is 0 Å². The van der Waals surface area contributed by atoms with Gasteiger partial charge < -0.3 is 11.1 Å². The second-order valence-electron chi connectivity index (χ2n) is 4.89. The van der Waals surface area contributed by atoms with Gasteiger partial charge in [-0.15, -0.1) is 0 Å². The van der Waals surface area contributed by atoms with E-state index in [0.717, 1.165) is 25.3 Å². The summed E-state index contributed by atoms with van der Waals surface area (Å²) in [5, 5.41) is 3.46. The molecule has 0 heterocycles. The number of benzene rings is 1. The minimum absolute atomic E-state index is 0.291. The number of rotatable bonds is 7. The highest BCUT2D eigenvalue weighted by atomic mass is 14.9. The molecule has 0 saturated heterocycles. The van der Waals surface area contributed by atoms with Crippen LogP contribution in [0.3, 0.4) is 0 Å². The smallest absolute Gasteiger partial charge is 0.0168 e. The minimum atomic E-state index is 0.291. The molecule has 1 aromatic rings. The van der Waals surface area contributed by atoms with Crippen LogP contribution >= 0.6 is 0 Å². The predicted molar refractivity (Wildman–Crippen MR) is 68.3 cm³/mol. The highest BCUT2D eigenvalue weighted by molar-refractivity contribution is 5.14. The van der Waals surface area contributed by atoms with Gasteiger partial charge in [-0.1, -0.05) is 30.3 Å². The van der Waals surface area contributed by atoms with Crippen molar-refractivity contribution in [2.24, 2.45) is 11.7 Å². The van der Waals surface area contributed by atoms with Gasteiger partial charge in [-0.2, -0.15) is 0 Å². The Labute approximate surface area is 98.2 Å². The normalized spacial score (nSPS) is 17.3. The van der Waals surface area contributed by atoms with Crippen molar-refractivity contribution >= 4 is 0 Å². The van der Waals surface area contributed by atoms with Gasteiger partial charge in [0.15, 0.2) is 0 Å². The molecule has 1 aliphatic rings. The SMILES string of the molecule is NC(CCc1ccccc1)CNCC1CC1. The van der Waals surface area contributed by atoms with Gasteiger partial charge in [0, 0.05) is 12.6 Å². The van der Waals surface area contributed by atoms with Crippen molar-refractivity contribution in [2.45, 2.75) is 31.7 Å². The molecule has 1 fully saturated rings. The van der Waals surface area contributed by atoms with Gasteiger partial charge in [-0.05, 0) is 43.7 Å². The second kappa shape index (κ2) is 6.02. The van der Waals surface area contributed by atoms with E-state index in [2.05, 4.69) is 35.6 Å². The lowest BCUT2D eigenvalue weighted by Gasteiger charge is -2.12. The molecule has 3 N–H and O–H groups in total. The molecule has 0 radical (unpaired) electrons. The molecule has 0 spiro atoms. The Kier molecular flexibility index (Phi) is 4.37. The number of hydrogen-bond acceptors (Lipinski definition) is 2. The Balaban J connectivity index is 1.57. The zero-order valence-corrected chi connectivity index (χ0v) is 9.86. The largest absolute Gasteiger partial charge is 0.327 e. The van der Waals surface area contributed by atoms with Gasteiger partial charge in [-0.25, -0.2) is 0 Å². The molecule has 2 heteroatoms. The number of nitrogens with two attached hydrogens (primary N) is 1. The molecule has 2 nitrogen and oxygen atoms in total. The van der Waals surface area contributed by atoms with Crippen LogP contribution < -0.4 is 11.1 Å². The van der Waals surface area contributed by atoms with Crippen LogP contribution in [0.5, 0.6) is 0 Å². The van der Waals surface area contributed by atoms with Gasteiger partial charge in [-0.3, -0.25) is 0 Å². The third kappa shape index (κ3) is 4.33. The van der Waals surface area contributed by atoms with Crippen LogP contribution in [0.15, 0.2) is 30.3 Å². The van der Waals surface area contributed by atoms with Gasteiger partial charge >= 0.3 is 0 Å². The van der Waals surface area contributed by atoms with Crippen LogP contribution in [0, 0.1) is 5.92 Å². The van der Waals surface area contributed by atoms with Crippen LogP contribution in [0.4, 0.5) is 0 Å². The monoisotopic (exact) mass is 218 g/mol. The first-order valence-electron chi connectivity index (χ1n) is 6.35. The third-order valence-electron chi connectivity index (χ3n) is 3.18. The molecule has 0 bridgehead atoms. The van der Waals surface area contributed by atoms with Gasteiger partial charge in [0.2, 0.25) is 0 Å². The molecule has 1 saturated carbocycles. The summed E-state index contributed by atoms with van der Waals surface area (Å²) in [6.45, 7) is 2.13. The van der Waals surface area contributed by atoms with Crippen molar-refractivity contribution in [3.05, 3.63) is 35.9 Å². The molecule has 16 heavy (non-hydrogen) atoms. The molecular formula is C14H22N2. The molecule has 1 unspecified atom stereocenters. The van der Waals surface area contributed by atoms with Crippen molar-refractivity contribution < 1.29 is 0 Å². The average Bonchev–Trinajstić information content (AvgIpc) is 3.12. The molecule has 1 aliphatic carbocycles. The lowest BCUT2D eigenvalue weighted by atomic mass is 10.1. The Morgan fingerprint density at radius 1 is 1.25 bits per heavy atom. The zero-order valence-electron chi connectivity index (χ0n) is 9.86. The fraction of sp³-hybridized carbons (Fsp3) is 0.571. The molecular weight excluding hydrogens is 196 g/mol. The molecule has 1 aromatic carbocycles. The molecule has 0 aromatic heterocycles. The summed E-state index contributed by atoms with van der Waals surface area (Å²) >= 11 is 0. The van der Waals surface area contributed by atoms with E-state index >= 15 is 0 Å². The van der Waals surface area contributed by atoms with Crippen LogP contribution in [-0.2, 0) is 6.42 Å². The predicted octanol–water partition coefficient (Wildman–Crippen LogP) is 1.95. The summed E-state index contributed by atoms with van der Waals surface area (Å²) in [5.74, 6) is 0.946. The van der Waals surface area contributed by atoms with E-state index in [-0.39, 0.29) is 0 Å². The summed E-state index contributed by atoms with van der Waals surface area (Å²) in [6.07, 6.45) is 4.98. The van der Waals surface area contributed by atoms with E-state index in [0.29, 0.717) is 6.04 Å². The lowest BCUT2D eigenvalue weighted by molar-refractivity contribution is 0.532. The summed E-state index contributed by atoms with van der Waals surface area (Å²) in [7, 11) is 0. The lowest BCUT2D eigenvalue weighted by Crippen LogP contribution is -2.35. The molecule has 1 atom stereocenters. The maximum absolute atomic E-state index is 6.07. The van der Waals surface area contributed by atoms with E-state index in [4.69, 9.17) is 5.73 Å². The Bertz CT molecular complexity index is 293. The molecule has 2 rings (SSSR count).